The van der Waals surface area contributed by atoms with Crippen LogP contribution in [0.4, 0.5) is 11.4 Å². The number of benzene rings is 2. The van der Waals surface area contributed by atoms with Crippen molar-refractivity contribution in [2.45, 2.75) is 11.8 Å². The zero-order valence-corrected chi connectivity index (χ0v) is 13.4. The molecule has 2 aromatic carbocycles. The summed E-state index contributed by atoms with van der Waals surface area (Å²) in [7, 11) is -3.62. The van der Waals surface area contributed by atoms with Crippen molar-refractivity contribution in [1.29, 1.82) is 0 Å². The maximum atomic E-state index is 12.8. The molecule has 0 amide bonds. The normalized spacial score (nSPS) is 11.3. The van der Waals surface area contributed by atoms with Crippen LogP contribution in [-0.4, -0.2) is 15.0 Å². The standard InChI is InChI=1S/C14H15BrN2O2S/c1-2-17(12-7-5-6-11(16)10-12)20(18,19)14-9-4-3-8-13(14)15/h3-10H,2,16H2,1H3. The van der Waals surface area contributed by atoms with E-state index in [0.717, 1.165) is 0 Å². The summed E-state index contributed by atoms with van der Waals surface area (Å²) in [4.78, 5) is 0.240. The molecule has 2 N–H and O–H groups in total. The molecule has 0 aliphatic heterocycles. The molecule has 6 heteroatoms. The van der Waals surface area contributed by atoms with Gasteiger partial charge < -0.3 is 5.73 Å². The minimum atomic E-state index is -3.62. The van der Waals surface area contributed by atoms with Gasteiger partial charge in [0.1, 0.15) is 4.90 Å². The summed E-state index contributed by atoms with van der Waals surface area (Å²) in [6.45, 7) is 2.12. The zero-order chi connectivity index (χ0) is 14.8. The monoisotopic (exact) mass is 354 g/mol. The van der Waals surface area contributed by atoms with Gasteiger partial charge in [0.15, 0.2) is 0 Å². The van der Waals surface area contributed by atoms with Gasteiger partial charge in [0.25, 0.3) is 10.0 Å². The Morgan fingerprint density at radius 2 is 1.85 bits per heavy atom. The van der Waals surface area contributed by atoms with Gasteiger partial charge in [0.05, 0.1) is 5.69 Å². The molecule has 4 nitrogen and oxygen atoms in total. The molecular weight excluding hydrogens is 340 g/mol. The number of nitrogen functional groups attached to an aromatic ring is 1. The molecule has 106 valence electrons. The van der Waals surface area contributed by atoms with Crippen molar-refractivity contribution in [3.63, 3.8) is 0 Å². The van der Waals surface area contributed by atoms with Gasteiger partial charge in [-0.25, -0.2) is 8.42 Å². The van der Waals surface area contributed by atoms with E-state index in [9.17, 15) is 8.42 Å². The van der Waals surface area contributed by atoms with Crippen molar-refractivity contribution in [2.24, 2.45) is 0 Å². The van der Waals surface area contributed by atoms with E-state index in [2.05, 4.69) is 15.9 Å². The van der Waals surface area contributed by atoms with Crippen LogP contribution in [0.2, 0.25) is 0 Å². The highest BCUT2D eigenvalue weighted by Crippen LogP contribution is 2.29. The summed E-state index contributed by atoms with van der Waals surface area (Å²) >= 11 is 3.29. The summed E-state index contributed by atoms with van der Waals surface area (Å²) in [6, 6.07) is 13.6. The molecule has 0 fully saturated rings. The van der Waals surface area contributed by atoms with Crippen molar-refractivity contribution >= 4 is 37.3 Å². The van der Waals surface area contributed by atoms with Gasteiger partial charge in [-0.2, -0.15) is 0 Å². The van der Waals surface area contributed by atoms with Gasteiger partial charge >= 0.3 is 0 Å². The Labute approximate surface area is 127 Å². The highest BCUT2D eigenvalue weighted by Gasteiger charge is 2.25. The van der Waals surface area contributed by atoms with Crippen LogP contribution in [0.3, 0.4) is 0 Å². The molecular formula is C14H15BrN2O2S. The molecule has 0 heterocycles. The predicted molar refractivity (Wildman–Crippen MR) is 85.2 cm³/mol. The maximum Gasteiger partial charge on any atom is 0.265 e. The van der Waals surface area contributed by atoms with E-state index in [1.54, 1.807) is 55.5 Å². The Balaban J connectivity index is 2.54. The fourth-order valence-corrected chi connectivity index (χ4v) is 4.38. The smallest absolute Gasteiger partial charge is 0.265 e. The summed E-state index contributed by atoms with van der Waals surface area (Å²) in [5.41, 5.74) is 6.82. The Morgan fingerprint density at radius 1 is 1.15 bits per heavy atom. The lowest BCUT2D eigenvalue weighted by molar-refractivity contribution is 0.591. The zero-order valence-electron chi connectivity index (χ0n) is 11.0. The Kier molecular flexibility index (Phi) is 4.35. The van der Waals surface area contributed by atoms with E-state index in [1.807, 2.05) is 0 Å². The van der Waals surface area contributed by atoms with Crippen molar-refractivity contribution < 1.29 is 8.42 Å². The fourth-order valence-electron chi connectivity index (χ4n) is 1.94. The first kappa shape index (κ1) is 14.9. The second-order valence-corrected chi connectivity index (χ2v) is 6.88. The van der Waals surface area contributed by atoms with Gasteiger partial charge in [-0.1, -0.05) is 18.2 Å². The van der Waals surface area contributed by atoms with Crippen LogP contribution < -0.4 is 10.0 Å². The summed E-state index contributed by atoms with van der Waals surface area (Å²) in [5.74, 6) is 0. The molecule has 0 spiro atoms. The molecule has 2 aromatic rings. The Morgan fingerprint density at radius 3 is 2.45 bits per heavy atom. The minimum Gasteiger partial charge on any atom is -0.399 e. The number of hydrogen-bond acceptors (Lipinski definition) is 3. The number of nitrogens with two attached hydrogens (primary N) is 1. The van der Waals surface area contributed by atoms with Crippen LogP contribution in [-0.2, 0) is 10.0 Å². The first-order valence-corrected chi connectivity index (χ1v) is 8.33. The predicted octanol–water partition coefficient (Wildman–Crippen LogP) is 3.25. The Hall–Kier alpha value is -1.53. The third-order valence-corrected chi connectivity index (χ3v) is 5.77. The van der Waals surface area contributed by atoms with E-state index in [4.69, 9.17) is 5.73 Å². The fraction of sp³-hybridized carbons (Fsp3) is 0.143. The van der Waals surface area contributed by atoms with Gasteiger partial charge in [-0.3, -0.25) is 4.31 Å². The number of halogens is 1. The van der Waals surface area contributed by atoms with E-state index in [1.165, 1.54) is 4.31 Å². The van der Waals surface area contributed by atoms with E-state index in [0.29, 0.717) is 22.4 Å². The average Bonchev–Trinajstić information content (AvgIpc) is 2.39. The third kappa shape index (κ3) is 2.81. The van der Waals surface area contributed by atoms with Crippen LogP contribution >= 0.6 is 15.9 Å². The first-order valence-electron chi connectivity index (χ1n) is 6.09. The summed E-state index contributed by atoms with van der Waals surface area (Å²) in [6.07, 6.45) is 0. The molecule has 0 aliphatic carbocycles. The van der Waals surface area contributed by atoms with Gasteiger partial charge in [0.2, 0.25) is 0 Å². The molecule has 0 saturated heterocycles. The minimum absolute atomic E-state index is 0.240. The number of sulfonamides is 1. The molecule has 0 atom stereocenters. The molecule has 0 bridgehead atoms. The molecule has 2 rings (SSSR count). The van der Waals surface area contributed by atoms with E-state index >= 15 is 0 Å². The highest BCUT2D eigenvalue weighted by atomic mass is 79.9. The average molecular weight is 355 g/mol. The van der Waals surface area contributed by atoms with Gasteiger partial charge in [-0.15, -0.1) is 0 Å². The number of nitrogens with zero attached hydrogens (tertiary/aromatic N) is 1. The van der Waals surface area contributed by atoms with Crippen molar-refractivity contribution in [3.05, 3.63) is 53.0 Å². The molecule has 0 aromatic heterocycles. The number of rotatable bonds is 4. The van der Waals surface area contributed by atoms with E-state index in [-0.39, 0.29) is 4.90 Å². The third-order valence-electron chi connectivity index (χ3n) is 2.85. The lowest BCUT2D eigenvalue weighted by Crippen LogP contribution is -2.31. The van der Waals surface area contributed by atoms with Gasteiger partial charge in [-0.05, 0) is 53.2 Å². The molecule has 0 radical (unpaired) electrons. The first-order chi connectivity index (χ1) is 9.46. The van der Waals surface area contributed by atoms with Crippen molar-refractivity contribution in [3.8, 4) is 0 Å². The molecule has 0 unspecified atom stereocenters. The van der Waals surface area contributed by atoms with Gasteiger partial charge in [0, 0.05) is 16.7 Å². The molecule has 0 aliphatic rings. The van der Waals surface area contributed by atoms with Crippen LogP contribution in [0.1, 0.15) is 6.92 Å². The SMILES string of the molecule is CCN(c1cccc(N)c1)S(=O)(=O)c1ccccc1Br. The lowest BCUT2D eigenvalue weighted by Gasteiger charge is -2.23. The number of hydrogen-bond donors (Lipinski definition) is 1. The number of anilines is 2. The van der Waals surface area contributed by atoms with Crippen LogP contribution in [0.5, 0.6) is 0 Å². The topological polar surface area (TPSA) is 63.4 Å². The van der Waals surface area contributed by atoms with E-state index < -0.39 is 10.0 Å². The largest absolute Gasteiger partial charge is 0.399 e. The summed E-state index contributed by atoms with van der Waals surface area (Å²) in [5, 5.41) is 0. The van der Waals surface area contributed by atoms with Crippen molar-refractivity contribution in [1.82, 2.24) is 0 Å². The highest BCUT2D eigenvalue weighted by molar-refractivity contribution is 9.10. The second-order valence-electron chi connectivity index (χ2n) is 4.20. The van der Waals surface area contributed by atoms with Crippen LogP contribution in [0.15, 0.2) is 57.9 Å². The lowest BCUT2D eigenvalue weighted by atomic mass is 10.3. The Bertz CT molecular complexity index is 717. The quantitative estimate of drug-likeness (QED) is 0.857. The second kappa shape index (κ2) is 5.85. The molecule has 0 saturated carbocycles. The summed E-state index contributed by atoms with van der Waals surface area (Å²) < 4.78 is 27.4. The molecule has 20 heavy (non-hydrogen) atoms. The van der Waals surface area contributed by atoms with Crippen LogP contribution in [0, 0.1) is 0 Å². The van der Waals surface area contributed by atoms with Crippen LogP contribution in [0.25, 0.3) is 0 Å². The van der Waals surface area contributed by atoms with Crippen molar-refractivity contribution in [2.75, 3.05) is 16.6 Å². The maximum absolute atomic E-state index is 12.8.